The van der Waals surface area contributed by atoms with E-state index in [0.29, 0.717) is 19.1 Å². The number of hydrogen-bond acceptors (Lipinski definition) is 3. The maximum Gasteiger partial charge on any atom is 0.213 e. The van der Waals surface area contributed by atoms with Crippen LogP contribution < -0.4 is 10.6 Å². The minimum atomic E-state index is -3.06. The summed E-state index contributed by atoms with van der Waals surface area (Å²) in [7, 11) is 0.261. The summed E-state index contributed by atoms with van der Waals surface area (Å²) in [5.41, 5.74) is 0. The van der Waals surface area contributed by atoms with Gasteiger partial charge in [0.2, 0.25) is 10.0 Å². The zero-order valence-electron chi connectivity index (χ0n) is 12.4. The highest BCUT2D eigenvalue weighted by Gasteiger charge is 2.13. The fourth-order valence-electron chi connectivity index (χ4n) is 1.34. The van der Waals surface area contributed by atoms with E-state index in [1.165, 1.54) is 4.31 Å². The number of nitrogens with zero attached hydrogens (tertiary/aromatic N) is 2. The molecule has 0 spiro atoms. The smallest absolute Gasteiger partial charge is 0.213 e. The van der Waals surface area contributed by atoms with Crippen molar-refractivity contribution in [1.29, 1.82) is 0 Å². The lowest BCUT2D eigenvalue weighted by Gasteiger charge is -2.17. The molecule has 0 aromatic heterocycles. The van der Waals surface area contributed by atoms with E-state index in [1.807, 2.05) is 13.8 Å². The first-order valence-electron chi connectivity index (χ1n) is 6.24. The van der Waals surface area contributed by atoms with Gasteiger partial charge in [-0.15, -0.1) is 24.0 Å². The Morgan fingerprint density at radius 3 is 2.37 bits per heavy atom. The van der Waals surface area contributed by atoms with E-state index in [1.54, 1.807) is 21.0 Å². The summed E-state index contributed by atoms with van der Waals surface area (Å²) < 4.78 is 24.4. The average molecular weight is 406 g/mol. The lowest BCUT2D eigenvalue weighted by Crippen LogP contribution is -2.42. The standard InChI is InChI=1S/C11H26N4O2S.HI/c1-6-18(16,17)15(5)9-7-8-13-11(12-4)14-10(2)3;/h10H,6-9H2,1-5H3,(H2,12,13,14);1H. The number of sulfonamides is 1. The molecule has 0 rings (SSSR count). The van der Waals surface area contributed by atoms with E-state index in [2.05, 4.69) is 15.6 Å². The largest absolute Gasteiger partial charge is 0.356 e. The summed E-state index contributed by atoms with van der Waals surface area (Å²) in [6, 6.07) is 0.319. The second-order valence-corrected chi connectivity index (χ2v) is 6.74. The molecule has 0 saturated carbocycles. The van der Waals surface area contributed by atoms with Crippen molar-refractivity contribution >= 4 is 40.0 Å². The Balaban J connectivity index is 0. The lowest BCUT2D eigenvalue weighted by atomic mass is 10.4. The van der Waals surface area contributed by atoms with Gasteiger partial charge >= 0.3 is 0 Å². The highest BCUT2D eigenvalue weighted by Crippen LogP contribution is 1.98. The number of guanidine groups is 1. The molecule has 2 N–H and O–H groups in total. The van der Waals surface area contributed by atoms with E-state index in [0.717, 1.165) is 12.4 Å². The van der Waals surface area contributed by atoms with Gasteiger partial charge in [-0.3, -0.25) is 4.99 Å². The maximum atomic E-state index is 11.5. The monoisotopic (exact) mass is 406 g/mol. The van der Waals surface area contributed by atoms with Crippen LogP contribution in [0, 0.1) is 0 Å². The van der Waals surface area contributed by atoms with Crippen molar-refractivity contribution in [2.45, 2.75) is 33.2 Å². The Bertz CT molecular complexity index is 358. The molecular weight excluding hydrogens is 379 g/mol. The molecule has 0 fully saturated rings. The Hall–Kier alpha value is -0.0900. The average Bonchev–Trinajstić information content (AvgIpc) is 2.32. The number of halogens is 1. The van der Waals surface area contributed by atoms with E-state index in [-0.39, 0.29) is 29.7 Å². The molecule has 0 saturated heterocycles. The molecule has 0 amide bonds. The third kappa shape index (κ3) is 9.44. The van der Waals surface area contributed by atoms with Gasteiger partial charge < -0.3 is 10.6 Å². The van der Waals surface area contributed by atoms with E-state index in [4.69, 9.17) is 0 Å². The molecule has 0 heterocycles. The van der Waals surface area contributed by atoms with Gasteiger partial charge in [0.25, 0.3) is 0 Å². The van der Waals surface area contributed by atoms with Crippen LogP contribution in [-0.4, -0.2) is 57.7 Å². The molecule has 0 atom stereocenters. The summed E-state index contributed by atoms with van der Waals surface area (Å²) in [4.78, 5) is 4.07. The van der Waals surface area contributed by atoms with E-state index >= 15 is 0 Å². The predicted molar refractivity (Wildman–Crippen MR) is 91.8 cm³/mol. The summed E-state index contributed by atoms with van der Waals surface area (Å²) >= 11 is 0. The first-order valence-corrected chi connectivity index (χ1v) is 7.85. The second-order valence-electron chi connectivity index (χ2n) is 4.37. The van der Waals surface area contributed by atoms with Gasteiger partial charge in [-0.2, -0.15) is 0 Å². The summed E-state index contributed by atoms with van der Waals surface area (Å²) in [5, 5.41) is 6.31. The van der Waals surface area contributed by atoms with Gasteiger partial charge in [0, 0.05) is 33.2 Å². The zero-order chi connectivity index (χ0) is 14.2. The van der Waals surface area contributed by atoms with Crippen LogP contribution in [0.3, 0.4) is 0 Å². The van der Waals surface area contributed by atoms with Gasteiger partial charge in [-0.1, -0.05) is 0 Å². The van der Waals surface area contributed by atoms with Crippen molar-refractivity contribution in [2.75, 3.05) is 32.9 Å². The molecule has 0 bridgehead atoms. The number of rotatable bonds is 7. The normalized spacial score (nSPS) is 12.5. The highest BCUT2D eigenvalue weighted by atomic mass is 127. The van der Waals surface area contributed by atoms with Crippen molar-refractivity contribution in [1.82, 2.24) is 14.9 Å². The van der Waals surface area contributed by atoms with Crippen LogP contribution in [-0.2, 0) is 10.0 Å². The Kier molecular flexibility index (Phi) is 11.9. The Labute approximate surface area is 134 Å². The Morgan fingerprint density at radius 2 is 1.95 bits per heavy atom. The highest BCUT2D eigenvalue weighted by molar-refractivity contribution is 14.0. The van der Waals surface area contributed by atoms with Crippen LogP contribution in [0.1, 0.15) is 27.2 Å². The third-order valence-corrected chi connectivity index (χ3v) is 4.29. The Morgan fingerprint density at radius 1 is 1.37 bits per heavy atom. The van der Waals surface area contributed by atoms with Crippen molar-refractivity contribution < 1.29 is 8.42 Å². The molecule has 0 unspecified atom stereocenters. The molecule has 19 heavy (non-hydrogen) atoms. The fourth-order valence-corrected chi connectivity index (χ4v) is 2.18. The van der Waals surface area contributed by atoms with Crippen LogP contribution in [0.4, 0.5) is 0 Å². The molecule has 0 aromatic carbocycles. The third-order valence-electron chi connectivity index (χ3n) is 2.43. The molecule has 0 aromatic rings. The minimum absolute atomic E-state index is 0. The summed E-state index contributed by atoms with van der Waals surface area (Å²) in [6.07, 6.45) is 0.745. The van der Waals surface area contributed by atoms with Crippen LogP contribution in [0.25, 0.3) is 0 Å². The topological polar surface area (TPSA) is 73.8 Å². The van der Waals surface area contributed by atoms with Crippen LogP contribution >= 0.6 is 24.0 Å². The number of hydrogen-bond donors (Lipinski definition) is 2. The summed E-state index contributed by atoms with van der Waals surface area (Å²) in [6.45, 7) is 6.93. The van der Waals surface area contributed by atoms with Crippen molar-refractivity contribution in [3.8, 4) is 0 Å². The van der Waals surface area contributed by atoms with Gasteiger partial charge in [-0.05, 0) is 27.2 Å². The number of nitrogens with one attached hydrogen (secondary N) is 2. The SMILES string of the molecule is CCS(=O)(=O)N(C)CCCNC(=NC)NC(C)C.I. The molecule has 0 radical (unpaired) electrons. The van der Waals surface area contributed by atoms with Crippen molar-refractivity contribution in [3.63, 3.8) is 0 Å². The van der Waals surface area contributed by atoms with Gasteiger partial charge in [0.1, 0.15) is 0 Å². The maximum absolute atomic E-state index is 11.5. The lowest BCUT2D eigenvalue weighted by molar-refractivity contribution is 0.461. The van der Waals surface area contributed by atoms with Gasteiger partial charge in [0.05, 0.1) is 5.75 Å². The van der Waals surface area contributed by atoms with Crippen molar-refractivity contribution in [3.05, 3.63) is 0 Å². The van der Waals surface area contributed by atoms with Crippen LogP contribution in [0.5, 0.6) is 0 Å². The second kappa shape index (κ2) is 10.7. The molecular formula is C11H27IN4O2S. The first-order chi connectivity index (χ1) is 8.33. The fraction of sp³-hybridized carbons (Fsp3) is 0.909. The molecule has 8 heteroatoms. The van der Waals surface area contributed by atoms with Gasteiger partial charge in [0.15, 0.2) is 5.96 Å². The predicted octanol–water partition coefficient (Wildman–Crippen LogP) is 0.849. The first kappa shape index (κ1) is 21.2. The summed E-state index contributed by atoms with van der Waals surface area (Å²) in [5.74, 6) is 0.888. The molecule has 0 aliphatic heterocycles. The van der Waals surface area contributed by atoms with Gasteiger partial charge in [-0.25, -0.2) is 12.7 Å². The van der Waals surface area contributed by atoms with Crippen molar-refractivity contribution in [2.24, 2.45) is 4.99 Å². The molecule has 0 aliphatic rings. The van der Waals surface area contributed by atoms with E-state index in [9.17, 15) is 8.42 Å². The van der Waals surface area contributed by atoms with Crippen LogP contribution in [0.2, 0.25) is 0 Å². The molecule has 0 aliphatic carbocycles. The molecule has 6 nitrogen and oxygen atoms in total. The van der Waals surface area contributed by atoms with Crippen LogP contribution in [0.15, 0.2) is 4.99 Å². The number of aliphatic imine (C=N–C) groups is 1. The quantitative estimate of drug-likeness (QED) is 0.285. The molecule has 116 valence electrons. The van der Waals surface area contributed by atoms with E-state index < -0.39 is 10.0 Å². The minimum Gasteiger partial charge on any atom is -0.356 e. The zero-order valence-corrected chi connectivity index (χ0v) is 15.6.